The molecule has 9 heteroatoms. The Kier molecular flexibility index (Phi) is 3.80. The van der Waals surface area contributed by atoms with Crippen molar-refractivity contribution in [3.05, 3.63) is 70.8 Å². The number of nitrogens with zero attached hydrogens (tertiary/aromatic N) is 7. The van der Waals surface area contributed by atoms with Gasteiger partial charge in [-0.25, -0.2) is 14.1 Å². The lowest BCUT2D eigenvalue weighted by Gasteiger charge is -2.06. The number of fused-ring (bicyclic) bond motifs is 3. The van der Waals surface area contributed by atoms with Crippen molar-refractivity contribution in [3.63, 3.8) is 0 Å². The van der Waals surface area contributed by atoms with Crippen molar-refractivity contribution in [1.29, 1.82) is 0 Å². The maximum absolute atomic E-state index is 13.3. The third-order valence-corrected chi connectivity index (χ3v) is 4.92. The van der Waals surface area contributed by atoms with Crippen LogP contribution < -0.4 is 0 Å². The molecule has 0 aliphatic heterocycles. The van der Waals surface area contributed by atoms with E-state index in [1.807, 2.05) is 31.2 Å². The largest absolute Gasteiger partial charge is 0.261 e. The van der Waals surface area contributed by atoms with Gasteiger partial charge in [-0.1, -0.05) is 35.0 Å². The lowest BCUT2D eigenvalue weighted by atomic mass is 10.2. The summed E-state index contributed by atoms with van der Waals surface area (Å²) in [6.45, 7) is 2.30. The summed E-state index contributed by atoms with van der Waals surface area (Å²) in [7, 11) is 0. The molecular formula is C19H13ClFN7. The second-order valence-corrected chi connectivity index (χ2v) is 6.77. The molecule has 0 radical (unpaired) electrons. The van der Waals surface area contributed by atoms with Gasteiger partial charge in [-0.2, -0.15) is 0 Å². The van der Waals surface area contributed by atoms with Crippen LogP contribution in [0.4, 0.5) is 4.39 Å². The summed E-state index contributed by atoms with van der Waals surface area (Å²) in [5.74, 6) is 0.939. The Morgan fingerprint density at radius 1 is 0.964 bits per heavy atom. The molecule has 0 unspecified atom stereocenters. The number of rotatable bonds is 3. The quantitative estimate of drug-likeness (QED) is 0.467. The number of hydrogen-bond acceptors (Lipinski definition) is 5. The molecule has 0 aliphatic carbocycles. The van der Waals surface area contributed by atoms with Crippen LogP contribution in [-0.4, -0.2) is 34.6 Å². The van der Waals surface area contributed by atoms with E-state index in [9.17, 15) is 4.39 Å². The average Bonchev–Trinajstić information content (AvgIpc) is 3.29. The predicted octanol–water partition coefficient (Wildman–Crippen LogP) is 3.69. The van der Waals surface area contributed by atoms with E-state index >= 15 is 0 Å². The van der Waals surface area contributed by atoms with Gasteiger partial charge in [-0.15, -0.1) is 15.3 Å². The molecule has 0 aliphatic rings. The highest BCUT2D eigenvalue weighted by molar-refractivity contribution is 6.31. The van der Waals surface area contributed by atoms with Crippen molar-refractivity contribution in [1.82, 2.24) is 34.6 Å². The second kappa shape index (κ2) is 6.35. The third kappa shape index (κ3) is 2.61. The van der Waals surface area contributed by atoms with Crippen LogP contribution in [0, 0.1) is 12.7 Å². The maximum atomic E-state index is 13.3. The molecule has 0 fully saturated rings. The minimum atomic E-state index is -0.308. The molecule has 2 aromatic carbocycles. The average molecular weight is 394 g/mol. The van der Waals surface area contributed by atoms with Gasteiger partial charge in [0, 0.05) is 10.6 Å². The van der Waals surface area contributed by atoms with Gasteiger partial charge in [0.1, 0.15) is 11.6 Å². The molecule has 7 nitrogen and oxygen atoms in total. The first kappa shape index (κ1) is 16.8. The second-order valence-electron chi connectivity index (χ2n) is 6.36. The van der Waals surface area contributed by atoms with Gasteiger partial charge in [0.05, 0.1) is 6.54 Å². The molecule has 3 heterocycles. The van der Waals surface area contributed by atoms with E-state index in [1.165, 1.54) is 12.1 Å². The van der Waals surface area contributed by atoms with Crippen molar-refractivity contribution < 1.29 is 4.39 Å². The normalized spacial score (nSPS) is 11.5. The molecule has 0 N–H and O–H groups in total. The summed E-state index contributed by atoms with van der Waals surface area (Å²) >= 11 is 6.27. The van der Waals surface area contributed by atoms with Crippen LogP contribution in [0.3, 0.4) is 0 Å². The zero-order valence-corrected chi connectivity index (χ0v) is 15.5. The number of aryl methyl sites for hydroxylation is 1. The van der Waals surface area contributed by atoms with Crippen molar-refractivity contribution in [2.24, 2.45) is 0 Å². The highest BCUT2D eigenvalue weighted by atomic mass is 35.5. The molecule has 0 spiro atoms. The first-order valence-corrected chi connectivity index (χ1v) is 8.94. The van der Waals surface area contributed by atoms with Crippen LogP contribution in [-0.2, 0) is 6.54 Å². The van der Waals surface area contributed by atoms with E-state index in [2.05, 4.69) is 25.5 Å². The standard InChI is InChI=1S/C19H13ClFN7/c1-11-22-18-16(23-26-27(18)10-13-4-2-3-5-15(13)20)19-25-24-17(28(11)19)12-6-8-14(21)9-7-12/h2-9H,10H2,1H3. The van der Waals surface area contributed by atoms with Crippen LogP contribution >= 0.6 is 11.6 Å². The molecule has 0 atom stereocenters. The first-order valence-electron chi connectivity index (χ1n) is 8.56. The smallest absolute Gasteiger partial charge is 0.194 e. The molecular weight excluding hydrogens is 381 g/mol. The highest BCUT2D eigenvalue weighted by Crippen LogP contribution is 2.24. The van der Waals surface area contributed by atoms with Gasteiger partial charge in [0.2, 0.25) is 0 Å². The van der Waals surface area contributed by atoms with E-state index in [1.54, 1.807) is 21.2 Å². The number of halogens is 2. The van der Waals surface area contributed by atoms with Crippen molar-refractivity contribution in [3.8, 4) is 11.4 Å². The minimum absolute atomic E-state index is 0.308. The number of benzene rings is 2. The van der Waals surface area contributed by atoms with Crippen LogP contribution in [0.25, 0.3) is 28.2 Å². The van der Waals surface area contributed by atoms with Crippen molar-refractivity contribution >= 4 is 28.4 Å². The molecule has 0 saturated carbocycles. The molecule has 0 saturated heterocycles. The van der Waals surface area contributed by atoms with Crippen LogP contribution in [0.1, 0.15) is 11.4 Å². The van der Waals surface area contributed by atoms with E-state index < -0.39 is 0 Å². The summed E-state index contributed by atoms with van der Waals surface area (Å²) in [5, 5.41) is 17.7. The maximum Gasteiger partial charge on any atom is 0.194 e. The monoisotopic (exact) mass is 393 g/mol. The van der Waals surface area contributed by atoms with Crippen LogP contribution in [0.15, 0.2) is 48.5 Å². The SMILES string of the molecule is Cc1nc2c(nnn2Cc2ccccc2Cl)c2nnc(-c3ccc(F)cc3)n12. The third-order valence-electron chi connectivity index (χ3n) is 4.56. The van der Waals surface area contributed by atoms with Gasteiger partial charge in [-0.05, 0) is 42.8 Å². The van der Waals surface area contributed by atoms with E-state index in [0.717, 1.165) is 11.1 Å². The van der Waals surface area contributed by atoms with Crippen molar-refractivity contribution in [2.45, 2.75) is 13.5 Å². The Labute approximate surface area is 163 Å². The zero-order valence-electron chi connectivity index (χ0n) is 14.7. The molecule has 3 aromatic heterocycles. The van der Waals surface area contributed by atoms with E-state index in [4.69, 9.17) is 11.6 Å². The molecule has 0 bridgehead atoms. The molecule has 5 aromatic rings. The van der Waals surface area contributed by atoms with E-state index in [-0.39, 0.29) is 5.82 Å². The number of hydrogen-bond donors (Lipinski definition) is 0. The van der Waals surface area contributed by atoms with Crippen LogP contribution in [0.2, 0.25) is 5.02 Å². The van der Waals surface area contributed by atoms with Crippen molar-refractivity contribution in [2.75, 3.05) is 0 Å². The predicted molar refractivity (Wildman–Crippen MR) is 103 cm³/mol. The van der Waals surface area contributed by atoms with Gasteiger partial charge >= 0.3 is 0 Å². The summed E-state index contributed by atoms with van der Waals surface area (Å²) in [6, 6.07) is 13.7. The minimum Gasteiger partial charge on any atom is -0.261 e. The Morgan fingerprint density at radius 2 is 1.75 bits per heavy atom. The molecule has 138 valence electrons. The Bertz CT molecular complexity index is 1320. The lowest BCUT2D eigenvalue weighted by Crippen LogP contribution is -2.05. The molecule has 0 amide bonds. The summed E-state index contributed by atoms with van der Waals surface area (Å²) in [6.07, 6.45) is 0. The lowest BCUT2D eigenvalue weighted by molar-refractivity contribution is 0.628. The fraction of sp³-hybridized carbons (Fsp3) is 0.105. The topological polar surface area (TPSA) is 73.8 Å². The Hall–Kier alpha value is -3.39. The van der Waals surface area contributed by atoms with Crippen LogP contribution in [0.5, 0.6) is 0 Å². The van der Waals surface area contributed by atoms with Gasteiger partial charge in [0.25, 0.3) is 0 Å². The zero-order chi connectivity index (χ0) is 19.3. The molecule has 28 heavy (non-hydrogen) atoms. The van der Waals surface area contributed by atoms with Gasteiger partial charge in [-0.3, -0.25) is 4.40 Å². The fourth-order valence-corrected chi connectivity index (χ4v) is 3.39. The Balaban J connectivity index is 1.67. The highest BCUT2D eigenvalue weighted by Gasteiger charge is 2.19. The first-order chi connectivity index (χ1) is 13.6. The number of aromatic nitrogens is 7. The van der Waals surface area contributed by atoms with Gasteiger partial charge < -0.3 is 0 Å². The summed E-state index contributed by atoms with van der Waals surface area (Å²) in [5.41, 5.74) is 3.35. The summed E-state index contributed by atoms with van der Waals surface area (Å²) in [4.78, 5) is 4.67. The van der Waals surface area contributed by atoms with E-state index in [0.29, 0.717) is 40.0 Å². The summed E-state index contributed by atoms with van der Waals surface area (Å²) < 4.78 is 16.7. The Morgan fingerprint density at radius 3 is 2.54 bits per heavy atom. The fourth-order valence-electron chi connectivity index (χ4n) is 3.19. The van der Waals surface area contributed by atoms with Gasteiger partial charge in [0.15, 0.2) is 22.6 Å². The molecule has 5 rings (SSSR count).